The fourth-order valence-electron chi connectivity index (χ4n) is 3.25. The smallest absolute Gasteiger partial charge is 0.305 e. The zero-order valence-electron chi connectivity index (χ0n) is 19.1. The Hall–Kier alpha value is -1.14. The molecule has 0 amide bonds. The minimum atomic E-state index is -0.0934. The van der Waals surface area contributed by atoms with Crippen molar-refractivity contribution in [2.75, 3.05) is 26.4 Å². The molecule has 30 heavy (non-hydrogen) atoms. The highest BCUT2D eigenvalue weighted by Crippen LogP contribution is 2.09. The molecule has 0 heterocycles. The number of carbonyl (C=O) groups is 2. The zero-order chi connectivity index (χ0) is 22.1. The van der Waals surface area contributed by atoms with Crippen molar-refractivity contribution < 1.29 is 29.3 Å². The van der Waals surface area contributed by atoms with E-state index in [0.29, 0.717) is 26.1 Å². The summed E-state index contributed by atoms with van der Waals surface area (Å²) in [7, 11) is 0. The summed E-state index contributed by atoms with van der Waals surface area (Å²) in [5.41, 5.74) is 0. The number of rotatable bonds is 23. The van der Waals surface area contributed by atoms with Crippen LogP contribution in [0.5, 0.6) is 0 Å². The molecule has 0 saturated carbocycles. The van der Waals surface area contributed by atoms with Gasteiger partial charge in [0.05, 0.1) is 13.2 Å². The summed E-state index contributed by atoms with van der Waals surface area (Å²) < 4.78 is 10.5. The number of unbranched alkanes of at least 4 members (excludes halogenated alkanes) is 13. The van der Waals surface area contributed by atoms with E-state index >= 15 is 0 Å². The summed E-state index contributed by atoms with van der Waals surface area (Å²) in [5, 5.41) is 17.4. The van der Waals surface area contributed by atoms with E-state index in [1.54, 1.807) is 0 Å². The highest BCUT2D eigenvalue weighted by Gasteiger charge is 2.04. The fourth-order valence-corrected chi connectivity index (χ4v) is 3.25. The number of esters is 2. The van der Waals surface area contributed by atoms with Gasteiger partial charge in [-0.15, -0.1) is 0 Å². The molecular formula is C24H46O6. The van der Waals surface area contributed by atoms with Gasteiger partial charge in [-0.25, -0.2) is 0 Å². The number of hydrogen-bond donors (Lipinski definition) is 2. The minimum Gasteiger partial charge on any atom is -0.466 e. The second kappa shape index (κ2) is 24.1. The second-order valence-electron chi connectivity index (χ2n) is 8.05. The number of aliphatic hydroxyl groups is 2. The van der Waals surface area contributed by atoms with Crippen LogP contribution in [0.3, 0.4) is 0 Å². The predicted molar refractivity (Wildman–Crippen MR) is 119 cm³/mol. The van der Waals surface area contributed by atoms with Crippen LogP contribution in [0.2, 0.25) is 0 Å². The molecule has 0 radical (unpaired) electrons. The maximum atomic E-state index is 11.6. The van der Waals surface area contributed by atoms with Crippen molar-refractivity contribution in [2.45, 2.75) is 116 Å². The summed E-state index contributed by atoms with van der Waals surface area (Å²) in [6.07, 6.45) is 16.9. The summed E-state index contributed by atoms with van der Waals surface area (Å²) in [6.45, 7) is 1.54. The molecule has 0 aromatic carbocycles. The van der Waals surface area contributed by atoms with Gasteiger partial charge in [0, 0.05) is 26.1 Å². The minimum absolute atomic E-state index is 0.0934. The maximum Gasteiger partial charge on any atom is 0.305 e. The zero-order valence-corrected chi connectivity index (χ0v) is 19.1. The Balaban J connectivity index is 3.23. The lowest BCUT2D eigenvalue weighted by atomic mass is 10.1. The van der Waals surface area contributed by atoms with Gasteiger partial charge in [0.25, 0.3) is 0 Å². The standard InChI is InChI=1S/C24H46O6/c25-19-13-7-3-5-11-17-23(27)29-21-15-9-1-2-10-16-22-30-24(28)18-12-6-4-8-14-20-26/h25-26H,1-22H2. The highest BCUT2D eigenvalue weighted by molar-refractivity contribution is 5.69. The first kappa shape index (κ1) is 28.9. The lowest BCUT2D eigenvalue weighted by Gasteiger charge is -2.06. The van der Waals surface area contributed by atoms with Gasteiger partial charge in [-0.1, -0.05) is 64.2 Å². The van der Waals surface area contributed by atoms with Crippen molar-refractivity contribution in [1.82, 2.24) is 0 Å². The first-order valence-electron chi connectivity index (χ1n) is 12.2. The maximum absolute atomic E-state index is 11.6. The molecule has 6 nitrogen and oxygen atoms in total. The third-order valence-electron chi connectivity index (χ3n) is 5.14. The summed E-state index contributed by atoms with van der Waals surface area (Å²) in [6, 6.07) is 0. The molecule has 0 spiro atoms. The van der Waals surface area contributed by atoms with E-state index in [4.69, 9.17) is 19.7 Å². The molecule has 0 bridgehead atoms. The van der Waals surface area contributed by atoms with Crippen molar-refractivity contribution >= 4 is 11.9 Å². The molecule has 0 aliphatic heterocycles. The molecule has 0 aliphatic carbocycles. The molecule has 178 valence electrons. The Morgan fingerprint density at radius 3 is 1.10 bits per heavy atom. The lowest BCUT2D eigenvalue weighted by molar-refractivity contribution is -0.144. The van der Waals surface area contributed by atoms with E-state index in [9.17, 15) is 9.59 Å². The van der Waals surface area contributed by atoms with E-state index < -0.39 is 0 Å². The lowest BCUT2D eigenvalue weighted by Crippen LogP contribution is -2.06. The monoisotopic (exact) mass is 430 g/mol. The molecule has 6 heteroatoms. The molecule has 0 rings (SSSR count). The second-order valence-corrected chi connectivity index (χ2v) is 8.05. The Kier molecular flexibility index (Phi) is 23.2. The van der Waals surface area contributed by atoms with Gasteiger partial charge in [-0.2, -0.15) is 0 Å². The third kappa shape index (κ3) is 23.1. The van der Waals surface area contributed by atoms with Crippen LogP contribution in [0.15, 0.2) is 0 Å². The van der Waals surface area contributed by atoms with Crippen LogP contribution in [-0.4, -0.2) is 48.6 Å². The first-order chi connectivity index (χ1) is 14.7. The van der Waals surface area contributed by atoms with Crippen molar-refractivity contribution in [2.24, 2.45) is 0 Å². The van der Waals surface area contributed by atoms with E-state index in [0.717, 1.165) is 103 Å². The first-order valence-corrected chi connectivity index (χ1v) is 12.2. The number of carbonyl (C=O) groups excluding carboxylic acids is 2. The Morgan fingerprint density at radius 2 is 0.733 bits per heavy atom. The van der Waals surface area contributed by atoms with Gasteiger partial charge in [0.1, 0.15) is 0 Å². The van der Waals surface area contributed by atoms with Crippen molar-refractivity contribution in [3.63, 3.8) is 0 Å². The van der Waals surface area contributed by atoms with Gasteiger partial charge < -0.3 is 19.7 Å². The molecule has 0 aromatic rings. The summed E-state index contributed by atoms with van der Waals surface area (Å²) in [4.78, 5) is 23.2. The van der Waals surface area contributed by atoms with E-state index in [2.05, 4.69) is 0 Å². The quantitative estimate of drug-likeness (QED) is 0.173. The number of hydrogen-bond acceptors (Lipinski definition) is 6. The van der Waals surface area contributed by atoms with Gasteiger partial charge in [-0.3, -0.25) is 9.59 Å². The van der Waals surface area contributed by atoms with Crippen molar-refractivity contribution in [1.29, 1.82) is 0 Å². The normalized spacial score (nSPS) is 10.9. The summed E-state index contributed by atoms with van der Waals surface area (Å²) >= 11 is 0. The van der Waals surface area contributed by atoms with Crippen molar-refractivity contribution in [3.8, 4) is 0 Å². The molecule has 0 aliphatic rings. The van der Waals surface area contributed by atoms with E-state index in [1.165, 1.54) is 0 Å². The van der Waals surface area contributed by atoms with Gasteiger partial charge in [-0.05, 0) is 38.5 Å². The van der Waals surface area contributed by atoms with Crippen LogP contribution in [-0.2, 0) is 19.1 Å². The fraction of sp³-hybridized carbons (Fsp3) is 0.917. The van der Waals surface area contributed by atoms with Crippen LogP contribution >= 0.6 is 0 Å². The average molecular weight is 431 g/mol. The Labute approximate surface area is 183 Å². The van der Waals surface area contributed by atoms with E-state index in [-0.39, 0.29) is 25.2 Å². The van der Waals surface area contributed by atoms with E-state index in [1.807, 2.05) is 0 Å². The average Bonchev–Trinajstić information content (AvgIpc) is 2.74. The molecule has 0 atom stereocenters. The van der Waals surface area contributed by atoms with Crippen LogP contribution in [0.4, 0.5) is 0 Å². The Bertz CT molecular complexity index is 350. The molecule has 0 aromatic heterocycles. The number of aliphatic hydroxyl groups excluding tert-OH is 2. The highest BCUT2D eigenvalue weighted by atomic mass is 16.5. The van der Waals surface area contributed by atoms with Crippen LogP contribution in [0, 0.1) is 0 Å². The van der Waals surface area contributed by atoms with Crippen LogP contribution in [0.25, 0.3) is 0 Å². The third-order valence-corrected chi connectivity index (χ3v) is 5.14. The summed E-state index contributed by atoms with van der Waals surface area (Å²) in [5.74, 6) is -0.187. The molecule has 0 saturated heterocycles. The van der Waals surface area contributed by atoms with Crippen LogP contribution < -0.4 is 0 Å². The van der Waals surface area contributed by atoms with Gasteiger partial charge >= 0.3 is 11.9 Å². The largest absolute Gasteiger partial charge is 0.466 e. The molecule has 2 N–H and O–H groups in total. The van der Waals surface area contributed by atoms with Crippen LogP contribution in [0.1, 0.15) is 116 Å². The topological polar surface area (TPSA) is 93.1 Å². The predicted octanol–water partition coefficient (Wildman–Crippen LogP) is 5.08. The molecule has 0 unspecified atom stereocenters. The van der Waals surface area contributed by atoms with Gasteiger partial charge in [0.2, 0.25) is 0 Å². The molecular weight excluding hydrogens is 384 g/mol. The van der Waals surface area contributed by atoms with Crippen molar-refractivity contribution in [3.05, 3.63) is 0 Å². The van der Waals surface area contributed by atoms with Gasteiger partial charge in [0.15, 0.2) is 0 Å². The Morgan fingerprint density at radius 1 is 0.433 bits per heavy atom. The molecule has 0 fully saturated rings. The SMILES string of the molecule is O=C(CCCCCCCO)OCCCCCCCCOC(=O)CCCCCCCO. The number of ether oxygens (including phenoxy) is 2.